The number of aromatic nitrogens is 3. The van der Waals surface area contributed by atoms with Gasteiger partial charge < -0.3 is 23.8 Å². The Bertz CT molecular complexity index is 970. The molecule has 0 bridgehead atoms. The van der Waals surface area contributed by atoms with Gasteiger partial charge in [0.1, 0.15) is 5.82 Å². The molecule has 0 unspecified atom stereocenters. The molecule has 1 saturated heterocycles. The Morgan fingerprint density at radius 2 is 1.55 bits per heavy atom. The maximum atomic E-state index is 5.53. The van der Waals surface area contributed by atoms with Crippen molar-refractivity contribution in [3.05, 3.63) is 48.9 Å². The summed E-state index contributed by atoms with van der Waals surface area (Å²) >= 11 is 0. The summed E-state index contributed by atoms with van der Waals surface area (Å²) in [6.45, 7) is 3.06. The maximum Gasteiger partial charge on any atom is 0.234 e. The number of pyridine rings is 1. The van der Waals surface area contributed by atoms with Gasteiger partial charge in [-0.1, -0.05) is 0 Å². The van der Waals surface area contributed by atoms with Crippen molar-refractivity contribution in [2.75, 3.05) is 57.4 Å². The van der Waals surface area contributed by atoms with Crippen LogP contribution in [0.2, 0.25) is 0 Å². The highest BCUT2D eigenvalue weighted by molar-refractivity contribution is 5.76. The van der Waals surface area contributed by atoms with Crippen molar-refractivity contribution in [2.45, 2.75) is 0 Å². The van der Waals surface area contributed by atoms with E-state index in [1.807, 2.05) is 35.4 Å². The van der Waals surface area contributed by atoms with Gasteiger partial charge >= 0.3 is 0 Å². The largest absolute Gasteiger partial charge is 0.493 e. The summed E-state index contributed by atoms with van der Waals surface area (Å²) < 4.78 is 22.0. The molecular formula is C22H25N5O4. The molecule has 0 radical (unpaired) electrons. The number of rotatable bonds is 7. The van der Waals surface area contributed by atoms with Crippen molar-refractivity contribution in [3.63, 3.8) is 0 Å². The van der Waals surface area contributed by atoms with E-state index in [1.165, 1.54) is 0 Å². The molecular weight excluding hydrogens is 398 g/mol. The van der Waals surface area contributed by atoms with Crippen LogP contribution in [0.3, 0.4) is 0 Å². The number of hydrogen-bond donors (Lipinski definition) is 0. The second-order valence-electron chi connectivity index (χ2n) is 6.74. The summed E-state index contributed by atoms with van der Waals surface area (Å²) in [6.07, 6.45) is 5.20. The maximum absolute atomic E-state index is 5.53. The van der Waals surface area contributed by atoms with Gasteiger partial charge in [0.2, 0.25) is 11.7 Å². The SMILES string of the molecule is COc1cc(N(c2ccc(N3CCOCC3)nc2)c2ncccn2)cc(OC)c1OC. The Kier molecular flexibility index (Phi) is 6.32. The number of hydrogen-bond acceptors (Lipinski definition) is 9. The van der Waals surface area contributed by atoms with E-state index in [1.54, 1.807) is 39.8 Å². The van der Waals surface area contributed by atoms with Crippen LogP contribution in [0.1, 0.15) is 0 Å². The zero-order valence-electron chi connectivity index (χ0n) is 17.8. The van der Waals surface area contributed by atoms with Crippen LogP contribution in [0.4, 0.5) is 23.1 Å². The zero-order valence-corrected chi connectivity index (χ0v) is 17.8. The van der Waals surface area contributed by atoms with Gasteiger partial charge in [0.05, 0.1) is 52.1 Å². The number of nitrogens with zero attached hydrogens (tertiary/aromatic N) is 5. The Morgan fingerprint density at radius 3 is 2.10 bits per heavy atom. The summed E-state index contributed by atoms with van der Waals surface area (Å²) in [5.41, 5.74) is 1.55. The molecule has 0 amide bonds. The first kappa shape index (κ1) is 20.7. The summed E-state index contributed by atoms with van der Waals surface area (Å²) in [7, 11) is 4.75. The minimum Gasteiger partial charge on any atom is -0.493 e. The van der Waals surface area contributed by atoms with E-state index < -0.39 is 0 Å². The monoisotopic (exact) mass is 423 g/mol. The predicted molar refractivity (Wildman–Crippen MR) is 117 cm³/mol. The summed E-state index contributed by atoms with van der Waals surface area (Å²) in [6, 6.07) is 9.48. The Labute approximate surface area is 181 Å². The smallest absolute Gasteiger partial charge is 0.234 e. The van der Waals surface area contributed by atoms with Gasteiger partial charge in [0.25, 0.3) is 0 Å². The molecule has 1 aromatic carbocycles. The molecule has 0 N–H and O–H groups in total. The van der Waals surface area contributed by atoms with Gasteiger partial charge in [0, 0.05) is 37.6 Å². The average Bonchev–Trinajstić information content (AvgIpc) is 2.85. The van der Waals surface area contributed by atoms with Crippen molar-refractivity contribution >= 4 is 23.1 Å². The van der Waals surface area contributed by atoms with E-state index in [-0.39, 0.29) is 0 Å². The van der Waals surface area contributed by atoms with Crippen molar-refractivity contribution in [2.24, 2.45) is 0 Å². The highest BCUT2D eigenvalue weighted by Gasteiger charge is 2.21. The topological polar surface area (TPSA) is 82.1 Å². The Balaban J connectivity index is 1.77. The lowest BCUT2D eigenvalue weighted by Gasteiger charge is -2.29. The molecule has 1 aliphatic heterocycles. The third-order valence-electron chi connectivity index (χ3n) is 4.99. The van der Waals surface area contributed by atoms with E-state index in [0.29, 0.717) is 36.4 Å². The molecule has 31 heavy (non-hydrogen) atoms. The summed E-state index contributed by atoms with van der Waals surface area (Å²) in [5.74, 6) is 3.00. The number of ether oxygens (including phenoxy) is 4. The molecule has 0 spiro atoms. The normalized spacial score (nSPS) is 13.6. The van der Waals surface area contributed by atoms with Crippen LogP contribution >= 0.6 is 0 Å². The van der Waals surface area contributed by atoms with Crippen LogP contribution in [-0.2, 0) is 4.74 Å². The van der Waals surface area contributed by atoms with Gasteiger partial charge in [0.15, 0.2) is 11.5 Å². The van der Waals surface area contributed by atoms with Crippen molar-refractivity contribution in [3.8, 4) is 17.2 Å². The first-order valence-electron chi connectivity index (χ1n) is 9.91. The van der Waals surface area contributed by atoms with Crippen LogP contribution < -0.4 is 24.0 Å². The van der Waals surface area contributed by atoms with E-state index in [9.17, 15) is 0 Å². The van der Waals surface area contributed by atoms with Gasteiger partial charge in [-0.2, -0.15) is 0 Å². The molecule has 2 aromatic heterocycles. The number of anilines is 4. The third kappa shape index (κ3) is 4.31. The van der Waals surface area contributed by atoms with Gasteiger partial charge in [-0.25, -0.2) is 15.0 Å². The molecule has 0 aliphatic carbocycles. The number of morpholine rings is 1. The fourth-order valence-corrected chi connectivity index (χ4v) is 3.47. The van der Waals surface area contributed by atoms with E-state index in [4.69, 9.17) is 18.9 Å². The van der Waals surface area contributed by atoms with E-state index >= 15 is 0 Å². The first-order chi connectivity index (χ1) is 15.2. The minimum absolute atomic E-state index is 0.498. The molecule has 1 aliphatic rings. The molecule has 9 nitrogen and oxygen atoms in total. The zero-order chi connectivity index (χ0) is 21.6. The lowest BCUT2D eigenvalue weighted by Crippen LogP contribution is -2.36. The van der Waals surface area contributed by atoms with Crippen LogP contribution in [0.15, 0.2) is 48.9 Å². The third-order valence-corrected chi connectivity index (χ3v) is 4.99. The lowest BCUT2D eigenvalue weighted by atomic mass is 10.2. The van der Waals surface area contributed by atoms with Crippen molar-refractivity contribution in [1.29, 1.82) is 0 Å². The van der Waals surface area contributed by atoms with Gasteiger partial charge in [-0.05, 0) is 18.2 Å². The lowest BCUT2D eigenvalue weighted by molar-refractivity contribution is 0.122. The second-order valence-corrected chi connectivity index (χ2v) is 6.74. The summed E-state index contributed by atoms with van der Waals surface area (Å²) in [4.78, 5) is 17.7. The Morgan fingerprint density at radius 1 is 0.871 bits per heavy atom. The highest BCUT2D eigenvalue weighted by atomic mass is 16.5. The van der Waals surface area contributed by atoms with Crippen LogP contribution in [0.5, 0.6) is 17.2 Å². The minimum atomic E-state index is 0.498. The first-order valence-corrected chi connectivity index (χ1v) is 9.91. The number of methoxy groups -OCH3 is 3. The average molecular weight is 423 g/mol. The molecule has 0 atom stereocenters. The van der Waals surface area contributed by atoms with Crippen molar-refractivity contribution in [1.82, 2.24) is 15.0 Å². The quantitative estimate of drug-likeness (QED) is 0.569. The molecule has 162 valence electrons. The summed E-state index contributed by atoms with van der Waals surface area (Å²) in [5, 5.41) is 0. The molecule has 4 rings (SSSR count). The molecule has 3 aromatic rings. The van der Waals surface area contributed by atoms with Crippen LogP contribution in [0.25, 0.3) is 0 Å². The van der Waals surface area contributed by atoms with Gasteiger partial charge in [-0.15, -0.1) is 0 Å². The number of benzene rings is 1. The van der Waals surface area contributed by atoms with Crippen LogP contribution in [0, 0.1) is 0 Å². The standard InChI is InChI=1S/C22H25N5O4/c1-28-18-13-17(14-19(29-2)21(18)30-3)27(22-23-7-4-8-24-22)16-5-6-20(25-15-16)26-9-11-31-12-10-26/h4-8,13-15H,9-12H2,1-3H3. The fourth-order valence-electron chi connectivity index (χ4n) is 3.47. The van der Waals surface area contributed by atoms with Gasteiger partial charge in [-0.3, -0.25) is 4.90 Å². The highest BCUT2D eigenvalue weighted by Crippen LogP contribution is 2.44. The second kappa shape index (κ2) is 9.48. The predicted octanol–water partition coefficient (Wildman–Crippen LogP) is 3.20. The molecule has 3 heterocycles. The molecule has 0 saturated carbocycles. The van der Waals surface area contributed by atoms with E-state index in [0.717, 1.165) is 30.3 Å². The molecule has 1 fully saturated rings. The van der Waals surface area contributed by atoms with Crippen molar-refractivity contribution < 1.29 is 18.9 Å². The Hall–Kier alpha value is -3.59. The molecule has 9 heteroatoms. The fraction of sp³-hybridized carbons (Fsp3) is 0.318. The van der Waals surface area contributed by atoms with E-state index in [2.05, 4.69) is 19.9 Å². The van der Waals surface area contributed by atoms with Crippen LogP contribution in [-0.4, -0.2) is 62.6 Å².